The Hall–Kier alpha value is -1.87. The molecule has 102 valence electrons. The van der Waals surface area contributed by atoms with E-state index in [1.165, 1.54) is 11.3 Å². The van der Waals surface area contributed by atoms with Crippen molar-refractivity contribution in [1.82, 2.24) is 10.2 Å². The number of carbonyl (C=O) groups is 2. The molecule has 1 aromatic heterocycles. The molecule has 1 heterocycles. The van der Waals surface area contributed by atoms with Crippen molar-refractivity contribution in [1.29, 1.82) is 5.26 Å². The Morgan fingerprint density at radius 1 is 1.53 bits per heavy atom. The molecule has 1 aromatic rings. The van der Waals surface area contributed by atoms with Crippen molar-refractivity contribution in [2.75, 3.05) is 20.1 Å². The van der Waals surface area contributed by atoms with Gasteiger partial charge in [0.25, 0.3) is 5.91 Å². The van der Waals surface area contributed by atoms with Crippen LogP contribution in [-0.2, 0) is 4.79 Å². The molecule has 0 aliphatic rings. The third kappa shape index (κ3) is 5.53. The molecule has 0 spiro atoms. The van der Waals surface area contributed by atoms with Gasteiger partial charge in [-0.2, -0.15) is 16.6 Å². The van der Waals surface area contributed by atoms with Gasteiger partial charge < -0.3 is 10.2 Å². The van der Waals surface area contributed by atoms with Crippen LogP contribution in [0.3, 0.4) is 0 Å². The zero-order valence-corrected chi connectivity index (χ0v) is 11.7. The van der Waals surface area contributed by atoms with Gasteiger partial charge in [0.05, 0.1) is 12.5 Å². The summed E-state index contributed by atoms with van der Waals surface area (Å²) >= 11 is 1.48. The first-order chi connectivity index (χ1) is 9.15. The fourth-order valence-electron chi connectivity index (χ4n) is 1.47. The van der Waals surface area contributed by atoms with Gasteiger partial charge in [0, 0.05) is 37.5 Å². The molecule has 0 fully saturated rings. The molecule has 5 nitrogen and oxygen atoms in total. The van der Waals surface area contributed by atoms with Crippen molar-refractivity contribution in [3.05, 3.63) is 22.4 Å². The number of rotatable bonds is 7. The smallest absolute Gasteiger partial charge is 0.252 e. The van der Waals surface area contributed by atoms with E-state index in [1.54, 1.807) is 23.4 Å². The third-order valence-corrected chi connectivity index (χ3v) is 3.30. The van der Waals surface area contributed by atoms with Gasteiger partial charge in [-0.15, -0.1) is 0 Å². The molecule has 2 amide bonds. The normalized spacial score (nSPS) is 9.68. The topological polar surface area (TPSA) is 73.2 Å². The maximum atomic E-state index is 11.6. The maximum absolute atomic E-state index is 11.6. The summed E-state index contributed by atoms with van der Waals surface area (Å²) in [5.74, 6) is -0.105. The third-order valence-electron chi connectivity index (χ3n) is 2.62. The molecule has 0 saturated carbocycles. The van der Waals surface area contributed by atoms with Crippen LogP contribution >= 0.6 is 11.3 Å². The van der Waals surface area contributed by atoms with Gasteiger partial charge in [0.2, 0.25) is 5.91 Å². The van der Waals surface area contributed by atoms with Crippen LogP contribution in [0.25, 0.3) is 0 Å². The Morgan fingerprint density at radius 3 is 2.95 bits per heavy atom. The molecule has 0 bridgehead atoms. The maximum Gasteiger partial charge on any atom is 0.252 e. The Labute approximate surface area is 116 Å². The minimum atomic E-state index is -0.105. The minimum absolute atomic E-state index is 0.0000299. The summed E-state index contributed by atoms with van der Waals surface area (Å²) < 4.78 is 0. The van der Waals surface area contributed by atoms with Crippen LogP contribution in [0, 0.1) is 11.3 Å². The van der Waals surface area contributed by atoms with Crippen molar-refractivity contribution in [2.45, 2.75) is 19.3 Å². The number of nitrogens with zero attached hydrogens (tertiary/aromatic N) is 2. The summed E-state index contributed by atoms with van der Waals surface area (Å²) in [6.07, 6.45) is 1.33. The largest absolute Gasteiger partial charge is 0.352 e. The van der Waals surface area contributed by atoms with Gasteiger partial charge in [0.1, 0.15) is 0 Å². The Kier molecular flexibility index (Phi) is 6.61. The zero-order valence-electron chi connectivity index (χ0n) is 10.9. The minimum Gasteiger partial charge on any atom is -0.352 e. The first-order valence-electron chi connectivity index (χ1n) is 6.06. The summed E-state index contributed by atoms with van der Waals surface area (Å²) in [6.45, 7) is 0.934. The number of thiophene rings is 1. The number of nitriles is 1. The van der Waals surface area contributed by atoms with Gasteiger partial charge in [0.15, 0.2) is 0 Å². The molecule has 0 aliphatic carbocycles. The van der Waals surface area contributed by atoms with E-state index in [1.807, 2.05) is 11.4 Å². The van der Waals surface area contributed by atoms with Crippen LogP contribution in [0.1, 0.15) is 29.6 Å². The molecule has 6 heteroatoms. The summed E-state index contributed by atoms with van der Waals surface area (Å²) in [6, 6.07) is 3.77. The van der Waals surface area contributed by atoms with Gasteiger partial charge in [-0.25, -0.2) is 0 Å². The second-order valence-corrected chi connectivity index (χ2v) is 4.87. The van der Waals surface area contributed by atoms with Gasteiger partial charge in [-0.05, 0) is 17.9 Å². The predicted octanol–water partition coefficient (Wildman–Crippen LogP) is 1.63. The zero-order chi connectivity index (χ0) is 14.1. The van der Waals surface area contributed by atoms with Crippen LogP contribution in [-0.4, -0.2) is 36.9 Å². The number of hydrogen-bond donors (Lipinski definition) is 1. The van der Waals surface area contributed by atoms with Crippen molar-refractivity contribution >= 4 is 23.2 Å². The van der Waals surface area contributed by atoms with E-state index in [0.29, 0.717) is 37.9 Å². The molecule has 19 heavy (non-hydrogen) atoms. The lowest BCUT2D eigenvalue weighted by molar-refractivity contribution is -0.129. The number of amides is 2. The number of hydrogen-bond acceptors (Lipinski definition) is 4. The summed E-state index contributed by atoms with van der Waals surface area (Å²) in [7, 11) is 1.68. The van der Waals surface area contributed by atoms with Crippen molar-refractivity contribution < 1.29 is 9.59 Å². The molecule has 0 aromatic carbocycles. The standard InChI is InChI=1S/C13H17N3O2S/c1-16(8-3-6-14)12(17)4-2-7-15-13(18)11-5-9-19-10-11/h5,9-10H,2-4,7-8H2,1H3,(H,15,18). The lowest BCUT2D eigenvalue weighted by Gasteiger charge is -2.15. The fourth-order valence-corrected chi connectivity index (χ4v) is 2.11. The fraction of sp³-hybridized carbons (Fsp3) is 0.462. The summed E-state index contributed by atoms with van der Waals surface area (Å²) in [4.78, 5) is 24.8. The van der Waals surface area contributed by atoms with E-state index in [-0.39, 0.29) is 11.8 Å². The van der Waals surface area contributed by atoms with Crippen LogP contribution in [0.15, 0.2) is 16.8 Å². The monoisotopic (exact) mass is 279 g/mol. The average molecular weight is 279 g/mol. The summed E-state index contributed by atoms with van der Waals surface area (Å²) in [5, 5.41) is 14.8. The Bertz CT molecular complexity index is 451. The average Bonchev–Trinajstić information content (AvgIpc) is 2.94. The molecule has 1 rings (SSSR count). The molecule has 0 atom stereocenters. The molecule has 0 aliphatic heterocycles. The van der Waals surface area contributed by atoms with Crippen molar-refractivity contribution in [3.8, 4) is 6.07 Å². The second kappa shape index (κ2) is 8.27. The first kappa shape index (κ1) is 15.2. The number of nitrogens with one attached hydrogen (secondary N) is 1. The molecule has 0 radical (unpaired) electrons. The van der Waals surface area contributed by atoms with Crippen LogP contribution in [0.4, 0.5) is 0 Å². The Morgan fingerprint density at radius 2 is 2.32 bits per heavy atom. The van der Waals surface area contributed by atoms with E-state index in [9.17, 15) is 9.59 Å². The molecular formula is C13H17N3O2S. The number of carbonyl (C=O) groups excluding carboxylic acids is 2. The van der Waals surface area contributed by atoms with Crippen molar-refractivity contribution in [2.24, 2.45) is 0 Å². The van der Waals surface area contributed by atoms with E-state index >= 15 is 0 Å². The van der Waals surface area contributed by atoms with Crippen molar-refractivity contribution in [3.63, 3.8) is 0 Å². The highest BCUT2D eigenvalue weighted by Gasteiger charge is 2.09. The van der Waals surface area contributed by atoms with Crippen LogP contribution in [0.2, 0.25) is 0 Å². The lowest BCUT2D eigenvalue weighted by Crippen LogP contribution is -2.29. The van der Waals surface area contributed by atoms with E-state index in [4.69, 9.17) is 5.26 Å². The first-order valence-corrected chi connectivity index (χ1v) is 7.00. The molecule has 0 saturated heterocycles. The lowest BCUT2D eigenvalue weighted by atomic mass is 10.2. The summed E-state index contributed by atoms with van der Waals surface area (Å²) in [5.41, 5.74) is 0.655. The molecule has 1 N–H and O–H groups in total. The highest BCUT2D eigenvalue weighted by Crippen LogP contribution is 2.05. The predicted molar refractivity (Wildman–Crippen MR) is 73.8 cm³/mol. The molecule has 0 unspecified atom stereocenters. The van der Waals surface area contributed by atoms with Gasteiger partial charge in [-0.1, -0.05) is 0 Å². The van der Waals surface area contributed by atoms with E-state index in [2.05, 4.69) is 5.32 Å². The van der Waals surface area contributed by atoms with Gasteiger partial charge >= 0.3 is 0 Å². The van der Waals surface area contributed by atoms with E-state index in [0.717, 1.165) is 0 Å². The quantitative estimate of drug-likeness (QED) is 0.771. The molecular weight excluding hydrogens is 262 g/mol. The Balaban J connectivity index is 2.15. The SMILES string of the molecule is CN(CCC#N)C(=O)CCCNC(=O)c1ccsc1. The van der Waals surface area contributed by atoms with Crippen LogP contribution in [0.5, 0.6) is 0 Å². The highest BCUT2D eigenvalue weighted by atomic mass is 32.1. The van der Waals surface area contributed by atoms with Crippen LogP contribution < -0.4 is 5.32 Å². The van der Waals surface area contributed by atoms with Gasteiger partial charge in [-0.3, -0.25) is 9.59 Å². The second-order valence-electron chi connectivity index (χ2n) is 4.09. The highest BCUT2D eigenvalue weighted by molar-refractivity contribution is 7.08. The van der Waals surface area contributed by atoms with E-state index < -0.39 is 0 Å².